The van der Waals surface area contributed by atoms with Crippen LogP contribution in [-0.4, -0.2) is 56.8 Å². The molecule has 1 fully saturated rings. The standard InChI is InChI=1S/C23H34N4O2.HI/c1-19-7-3-4-9-22(19)20(2)26-23(25-12-10-21-8-5-16-29-21)24-11-6-13-27-14-17-28-18-15-27;/h3-5,7-9,16,20H,6,10-15,17-18H2,1-2H3,(H2,24,25,26);1H. The smallest absolute Gasteiger partial charge is 0.191 e. The second-order valence-electron chi connectivity index (χ2n) is 7.52. The molecular weight excluding hydrogens is 491 g/mol. The fraction of sp³-hybridized carbons (Fsp3) is 0.522. The Morgan fingerprint density at radius 2 is 1.97 bits per heavy atom. The highest BCUT2D eigenvalue weighted by Crippen LogP contribution is 2.16. The molecule has 166 valence electrons. The first-order valence-electron chi connectivity index (χ1n) is 10.7. The van der Waals surface area contributed by atoms with Crippen LogP contribution in [0.5, 0.6) is 0 Å². The van der Waals surface area contributed by atoms with Gasteiger partial charge in [0.15, 0.2) is 5.96 Å². The Balaban J connectivity index is 0.00000320. The van der Waals surface area contributed by atoms with Crippen LogP contribution in [0, 0.1) is 6.92 Å². The first kappa shape index (κ1) is 24.7. The second-order valence-corrected chi connectivity index (χ2v) is 7.52. The van der Waals surface area contributed by atoms with E-state index in [0.717, 1.165) is 70.5 Å². The Morgan fingerprint density at radius 1 is 1.17 bits per heavy atom. The molecule has 0 aliphatic carbocycles. The molecule has 0 spiro atoms. The molecule has 0 radical (unpaired) electrons. The number of ether oxygens (including phenoxy) is 1. The fourth-order valence-electron chi connectivity index (χ4n) is 3.58. The predicted molar refractivity (Wildman–Crippen MR) is 133 cm³/mol. The van der Waals surface area contributed by atoms with Crippen molar-refractivity contribution in [1.82, 2.24) is 15.5 Å². The number of furan rings is 1. The number of benzene rings is 1. The zero-order chi connectivity index (χ0) is 20.3. The summed E-state index contributed by atoms with van der Waals surface area (Å²) in [6, 6.07) is 12.6. The Bertz CT molecular complexity index is 745. The molecule has 2 heterocycles. The third-order valence-corrected chi connectivity index (χ3v) is 5.26. The van der Waals surface area contributed by atoms with Crippen LogP contribution in [0.25, 0.3) is 0 Å². The van der Waals surface area contributed by atoms with Crippen molar-refractivity contribution in [2.45, 2.75) is 32.7 Å². The predicted octanol–water partition coefficient (Wildman–Crippen LogP) is 3.77. The average Bonchev–Trinajstić information content (AvgIpc) is 3.25. The summed E-state index contributed by atoms with van der Waals surface area (Å²) < 4.78 is 10.8. The molecule has 1 atom stereocenters. The lowest BCUT2D eigenvalue weighted by molar-refractivity contribution is 0.0377. The molecule has 2 N–H and O–H groups in total. The van der Waals surface area contributed by atoms with Gasteiger partial charge in [0.25, 0.3) is 0 Å². The number of hydrogen-bond acceptors (Lipinski definition) is 4. The summed E-state index contributed by atoms with van der Waals surface area (Å²) in [6.45, 7) is 10.7. The van der Waals surface area contributed by atoms with Crippen LogP contribution in [-0.2, 0) is 11.2 Å². The molecule has 6 nitrogen and oxygen atoms in total. The van der Waals surface area contributed by atoms with Gasteiger partial charge in [-0.15, -0.1) is 24.0 Å². The summed E-state index contributed by atoms with van der Waals surface area (Å²) >= 11 is 0. The van der Waals surface area contributed by atoms with Crippen molar-refractivity contribution in [2.75, 3.05) is 45.9 Å². The molecule has 1 aliphatic rings. The number of nitrogens with zero attached hydrogens (tertiary/aromatic N) is 2. The average molecular weight is 526 g/mol. The highest BCUT2D eigenvalue weighted by Gasteiger charge is 2.11. The molecule has 3 rings (SSSR count). The Kier molecular flexibility index (Phi) is 11.2. The van der Waals surface area contributed by atoms with Gasteiger partial charge in [0, 0.05) is 39.1 Å². The lowest BCUT2D eigenvalue weighted by Crippen LogP contribution is -2.40. The number of rotatable bonds is 9. The lowest BCUT2D eigenvalue weighted by atomic mass is 10.0. The van der Waals surface area contributed by atoms with E-state index in [-0.39, 0.29) is 30.0 Å². The van der Waals surface area contributed by atoms with Crippen LogP contribution in [0.3, 0.4) is 0 Å². The van der Waals surface area contributed by atoms with E-state index in [2.05, 4.69) is 53.6 Å². The molecule has 7 heteroatoms. The maximum Gasteiger partial charge on any atom is 0.191 e. The van der Waals surface area contributed by atoms with Crippen LogP contribution < -0.4 is 10.6 Å². The highest BCUT2D eigenvalue weighted by atomic mass is 127. The fourth-order valence-corrected chi connectivity index (χ4v) is 3.58. The lowest BCUT2D eigenvalue weighted by Gasteiger charge is -2.26. The number of morpholine rings is 1. The second kappa shape index (κ2) is 13.7. The zero-order valence-electron chi connectivity index (χ0n) is 18.1. The van der Waals surface area contributed by atoms with E-state index in [9.17, 15) is 0 Å². The van der Waals surface area contributed by atoms with Crippen molar-refractivity contribution in [1.29, 1.82) is 0 Å². The van der Waals surface area contributed by atoms with E-state index in [0.29, 0.717) is 0 Å². The molecule has 0 bridgehead atoms. The van der Waals surface area contributed by atoms with Crippen LogP contribution in [0.15, 0.2) is 52.1 Å². The molecule has 0 amide bonds. The minimum Gasteiger partial charge on any atom is -0.469 e. The summed E-state index contributed by atoms with van der Waals surface area (Å²) in [5, 5.41) is 7.03. The Hall–Kier alpha value is -1.58. The maximum absolute atomic E-state index is 5.43. The van der Waals surface area contributed by atoms with Gasteiger partial charge < -0.3 is 19.8 Å². The normalized spacial score (nSPS) is 16.0. The van der Waals surface area contributed by atoms with Crippen molar-refractivity contribution in [3.05, 3.63) is 59.5 Å². The molecule has 1 aromatic carbocycles. The van der Waals surface area contributed by atoms with Gasteiger partial charge in [-0.1, -0.05) is 24.3 Å². The van der Waals surface area contributed by atoms with E-state index in [1.165, 1.54) is 11.1 Å². The molecule has 1 aromatic heterocycles. The van der Waals surface area contributed by atoms with Crippen LogP contribution in [0.4, 0.5) is 0 Å². The molecular formula is C23H35IN4O2. The monoisotopic (exact) mass is 526 g/mol. The van der Waals surface area contributed by atoms with Gasteiger partial charge in [0.05, 0.1) is 25.5 Å². The first-order valence-corrected chi connectivity index (χ1v) is 10.7. The zero-order valence-corrected chi connectivity index (χ0v) is 20.4. The third kappa shape index (κ3) is 8.28. The van der Waals surface area contributed by atoms with Gasteiger partial charge in [-0.05, 0) is 43.5 Å². The van der Waals surface area contributed by atoms with Crippen molar-refractivity contribution in [3.8, 4) is 0 Å². The maximum atomic E-state index is 5.43. The largest absolute Gasteiger partial charge is 0.469 e. The summed E-state index contributed by atoms with van der Waals surface area (Å²) in [7, 11) is 0. The van der Waals surface area contributed by atoms with E-state index in [1.807, 2.05) is 12.1 Å². The molecule has 1 unspecified atom stereocenters. The number of aliphatic imine (C=N–C) groups is 1. The van der Waals surface area contributed by atoms with Crippen LogP contribution in [0.2, 0.25) is 0 Å². The van der Waals surface area contributed by atoms with Gasteiger partial charge in [-0.3, -0.25) is 9.89 Å². The van der Waals surface area contributed by atoms with Gasteiger partial charge in [0.2, 0.25) is 0 Å². The van der Waals surface area contributed by atoms with Gasteiger partial charge >= 0.3 is 0 Å². The molecule has 1 aliphatic heterocycles. The van der Waals surface area contributed by atoms with E-state index >= 15 is 0 Å². The molecule has 30 heavy (non-hydrogen) atoms. The Morgan fingerprint density at radius 3 is 2.70 bits per heavy atom. The van der Waals surface area contributed by atoms with Crippen molar-refractivity contribution < 1.29 is 9.15 Å². The van der Waals surface area contributed by atoms with Gasteiger partial charge in [-0.25, -0.2) is 0 Å². The number of aryl methyl sites for hydroxylation is 1. The summed E-state index contributed by atoms with van der Waals surface area (Å²) in [5.74, 6) is 1.84. The molecule has 0 saturated carbocycles. The highest BCUT2D eigenvalue weighted by molar-refractivity contribution is 14.0. The van der Waals surface area contributed by atoms with Crippen molar-refractivity contribution in [3.63, 3.8) is 0 Å². The number of halogens is 1. The topological polar surface area (TPSA) is 62.0 Å². The molecule has 1 saturated heterocycles. The summed E-state index contributed by atoms with van der Waals surface area (Å²) in [6.07, 6.45) is 3.60. The van der Waals surface area contributed by atoms with E-state index < -0.39 is 0 Å². The summed E-state index contributed by atoms with van der Waals surface area (Å²) in [5.41, 5.74) is 2.58. The number of nitrogens with one attached hydrogen (secondary N) is 2. The SMILES string of the molecule is Cc1ccccc1C(C)NC(=NCCCN1CCOCC1)NCCc1ccco1.I. The number of guanidine groups is 1. The minimum atomic E-state index is 0. The quantitative estimate of drug-likeness (QED) is 0.226. The van der Waals surface area contributed by atoms with Crippen LogP contribution >= 0.6 is 24.0 Å². The first-order chi connectivity index (χ1) is 14.2. The minimum absolute atomic E-state index is 0. The Labute approximate surface area is 197 Å². The van der Waals surface area contributed by atoms with Gasteiger partial charge in [0.1, 0.15) is 5.76 Å². The van der Waals surface area contributed by atoms with Crippen molar-refractivity contribution in [2.24, 2.45) is 4.99 Å². The van der Waals surface area contributed by atoms with Crippen molar-refractivity contribution >= 4 is 29.9 Å². The van der Waals surface area contributed by atoms with E-state index in [1.54, 1.807) is 6.26 Å². The van der Waals surface area contributed by atoms with E-state index in [4.69, 9.17) is 14.1 Å². The molecule has 2 aromatic rings. The summed E-state index contributed by atoms with van der Waals surface area (Å²) in [4.78, 5) is 7.28. The third-order valence-electron chi connectivity index (χ3n) is 5.26. The van der Waals surface area contributed by atoms with Gasteiger partial charge in [-0.2, -0.15) is 0 Å². The van der Waals surface area contributed by atoms with Crippen LogP contribution in [0.1, 0.15) is 36.3 Å². The number of hydrogen-bond donors (Lipinski definition) is 2.